The standard InChI is InChI=1S/C21H19FN4O2S/c1-12(13-7-9-15(22)10-8-13)24-21(28)19-18(25-20(27)14-5-6-14)17(26-29-19)16-4-2-3-11-23-16/h2-4,7-12,14H,5-6H2,1H3,(H,24,28)(H,25,27). The summed E-state index contributed by atoms with van der Waals surface area (Å²) in [5.41, 5.74) is 2.22. The summed E-state index contributed by atoms with van der Waals surface area (Å²) < 4.78 is 17.5. The largest absolute Gasteiger partial charge is 0.345 e. The van der Waals surface area contributed by atoms with Crippen molar-refractivity contribution in [2.24, 2.45) is 5.92 Å². The number of hydrogen-bond acceptors (Lipinski definition) is 5. The van der Waals surface area contributed by atoms with Crippen molar-refractivity contribution in [1.29, 1.82) is 0 Å². The number of anilines is 1. The van der Waals surface area contributed by atoms with Crippen LogP contribution in [0.3, 0.4) is 0 Å². The number of carbonyl (C=O) groups excluding carboxylic acids is 2. The van der Waals surface area contributed by atoms with Crippen LogP contribution in [0.4, 0.5) is 10.1 Å². The lowest BCUT2D eigenvalue weighted by Gasteiger charge is -2.14. The van der Waals surface area contributed by atoms with Gasteiger partial charge in [0.2, 0.25) is 5.91 Å². The molecule has 0 spiro atoms. The Hall–Kier alpha value is -3.13. The second kappa shape index (κ2) is 8.08. The maximum atomic E-state index is 13.1. The lowest BCUT2D eigenvalue weighted by molar-refractivity contribution is -0.117. The molecule has 1 unspecified atom stereocenters. The average molecular weight is 410 g/mol. The van der Waals surface area contributed by atoms with Crippen molar-refractivity contribution < 1.29 is 14.0 Å². The van der Waals surface area contributed by atoms with Crippen LogP contribution in [0.2, 0.25) is 0 Å². The van der Waals surface area contributed by atoms with E-state index in [9.17, 15) is 14.0 Å². The Balaban J connectivity index is 1.61. The summed E-state index contributed by atoms with van der Waals surface area (Å²) in [4.78, 5) is 29.9. The molecular weight excluding hydrogens is 391 g/mol. The molecule has 3 aromatic rings. The molecular formula is C21H19FN4O2S. The van der Waals surface area contributed by atoms with Gasteiger partial charge >= 0.3 is 0 Å². The van der Waals surface area contributed by atoms with Gasteiger partial charge in [-0.1, -0.05) is 18.2 Å². The first-order valence-electron chi connectivity index (χ1n) is 9.31. The molecule has 0 radical (unpaired) electrons. The molecule has 1 atom stereocenters. The summed E-state index contributed by atoms with van der Waals surface area (Å²) in [5.74, 6) is -0.809. The van der Waals surface area contributed by atoms with Gasteiger partial charge in [-0.25, -0.2) is 4.39 Å². The Bertz CT molecular complexity index is 1030. The van der Waals surface area contributed by atoms with Crippen molar-refractivity contribution in [3.63, 3.8) is 0 Å². The van der Waals surface area contributed by atoms with Gasteiger partial charge < -0.3 is 10.6 Å². The zero-order valence-electron chi connectivity index (χ0n) is 15.7. The summed E-state index contributed by atoms with van der Waals surface area (Å²) >= 11 is 1.02. The average Bonchev–Trinajstić information content (AvgIpc) is 3.50. The minimum Gasteiger partial charge on any atom is -0.345 e. The third-order valence-corrected chi connectivity index (χ3v) is 5.57. The molecule has 1 aliphatic carbocycles. The van der Waals surface area contributed by atoms with Gasteiger partial charge in [0.15, 0.2) is 0 Å². The van der Waals surface area contributed by atoms with E-state index in [-0.39, 0.29) is 29.6 Å². The monoisotopic (exact) mass is 410 g/mol. The molecule has 1 saturated carbocycles. The quantitative estimate of drug-likeness (QED) is 0.638. The molecule has 8 heteroatoms. The first kappa shape index (κ1) is 19.2. The van der Waals surface area contributed by atoms with E-state index in [4.69, 9.17) is 0 Å². The number of carbonyl (C=O) groups is 2. The predicted octanol–water partition coefficient (Wildman–Crippen LogP) is 4.18. The van der Waals surface area contributed by atoms with Crippen molar-refractivity contribution >= 4 is 29.0 Å². The van der Waals surface area contributed by atoms with E-state index < -0.39 is 0 Å². The molecule has 6 nitrogen and oxygen atoms in total. The summed E-state index contributed by atoms with van der Waals surface area (Å²) in [7, 11) is 0. The van der Waals surface area contributed by atoms with E-state index in [1.54, 1.807) is 30.5 Å². The van der Waals surface area contributed by atoms with Crippen LogP contribution in [0, 0.1) is 11.7 Å². The highest BCUT2D eigenvalue weighted by Gasteiger charge is 2.32. The van der Waals surface area contributed by atoms with Crippen molar-refractivity contribution in [2.45, 2.75) is 25.8 Å². The molecule has 148 valence electrons. The lowest BCUT2D eigenvalue weighted by atomic mass is 10.1. The Morgan fingerprint density at radius 2 is 1.93 bits per heavy atom. The summed E-state index contributed by atoms with van der Waals surface area (Å²) in [6.07, 6.45) is 3.34. The van der Waals surface area contributed by atoms with Crippen LogP contribution in [-0.4, -0.2) is 21.2 Å². The Labute approximate surface area is 171 Å². The fraction of sp³-hybridized carbons (Fsp3) is 0.238. The van der Waals surface area contributed by atoms with Crippen LogP contribution in [-0.2, 0) is 4.79 Å². The molecule has 1 fully saturated rings. The number of halogens is 1. The molecule has 4 rings (SSSR count). The van der Waals surface area contributed by atoms with E-state index >= 15 is 0 Å². The van der Waals surface area contributed by atoms with Crippen LogP contribution >= 0.6 is 11.5 Å². The minimum atomic E-state index is -0.354. The second-order valence-electron chi connectivity index (χ2n) is 6.96. The van der Waals surface area contributed by atoms with E-state index in [0.29, 0.717) is 22.0 Å². The first-order valence-corrected chi connectivity index (χ1v) is 10.1. The smallest absolute Gasteiger partial charge is 0.265 e. The number of nitrogens with one attached hydrogen (secondary N) is 2. The van der Waals surface area contributed by atoms with Gasteiger partial charge in [-0.3, -0.25) is 14.6 Å². The van der Waals surface area contributed by atoms with Crippen LogP contribution in [0.1, 0.15) is 41.0 Å². The molecule has 29 heavy (non-hydrogen) atoms. The minimum absolute atomic E-state index is 0.0134. The summed E-state index contributed by atoms with van der Waals surface area (Å²) in [5, 5.41) is 5.77. The zero-order chi connectivity index (χ0) is 20.4. The second-order valence-corrected chi connectivity index (χ2v) is 7.73. The number of aromatic nitrogens is 2. The third kappa shape index (κ3) is 4.32. The maximum absolute atomic E-state index is 13.1. The van der Waals surface area contributed by atoms with Gasteiger partial charge in [0.25, 0.3) is 5.91 Å². The molecule has 2 aromatic heterocycles. The fourth-order valence-corrected chi connectivity index (χ4v) is 3.65. The van der Waals surface area contributed by atoms with Gasteiger partial charge in [-0.05, 0) is 61.1 Å². The molecule has 0 aliphatic heterocycles. The first-order chi connectivity index (χ1) is 14.0. The Morgan fingerprint density at radius 1 is 1.17 bits per heavy atom. The van der Waals surface area contributed by atoms with Gasteiger partial charge in [-0.15, -0.1) is 0 Å². The van der Waals surface area contributed by atoms with E-state index in [0.717, 1.165) is 29.9 Å². The van der Waals surface area contributed by atoms with Crippen LogP contribution in [0.15, 0.2) is 48.7 Å². The molecule has 2 amide bonds. The number of hydrogen-bond donors (Lipinski definition) is 2. The molecule has 0 saturated heterocycles. The van der Waals surface area contributed by atoms with Crippen molar-refractivity contribution in [3.05, 3.63) is 64.9 Å². The zero-order valence-corrected chi connectivity index (χ0v) is 16.5. The van der Waals surface area contributed by atoms with Gasteiger partial charge in [-0.2, -0.15) is 4.37 Å². The van der Waals surface area contributed by atoms with Crippen molar-refractivity contribution in [1.82, 2.24) is 14.7 Å². The van der Waals surface area contributed by atoms with Gasteiger partial charge in [0, 0.05) is 12.1 Å². The number of rotatable bonds is 6. The van der Waals surface area contributed by atoms with E-state index in [1.165, 1.54) is 12.1 Å². The Morgan fingerprint density at radius 3 is 2.59 bits per heavy atom. The predicted molar refractivity (Wildman–Crippen MR) is 109 cm³/mol. The summed E-state index contributed by atoms with van der Waals surface area (Å²) in [6, 6.07) is 11.0. The molecule has 1 aromatic carbocycles. The normalized spacial score (nSPS) is 14.3. The highest BCUT2D eigenvalue weighted by Crippen LogP contribution is 2.36. The van der Waals surface area contributed by atoms with Crippen LogP contribution < -0.4 is 10.6 Å². The summed E-state index contributed by atoms with van der Waals surface area (Å²) in [6.45, 7) is 1.81. The van der Waals surface area contributed by atoms with Crippen molar-refractivity contribution in [3.8, 4) is 11.4 Å². The number of nitrogens with zero attached hydrogens (tertiary/aromatic N) is 2. The SMILES string of the molecule is CC(NC(=O)c1snc(-c2ccccn2)c1NC(=O)C1CC1)c1ccc(F)cc1. The lowest BCUT2D eigenvalue weighted by Crippen LogP contribution is -2.27. The number of pyridine rings is 1. The molecule has 0 bridgehead atoms. The van der Waals surface area contributed by atoms with Crippen LogP contribution in [0.25, 0.3) is 11.4 Å². The number of benzene rings is 1. The van der Waals surface area contributed by atoms with Crippen LogP contribution in [0.5, 0.6) is 0 Å². The van der Waals surface area contributed by atoms with E-state index in [1.807, 2.05) is 13.0 Å². The van der Waals surface area contributed by atoms with E-state index in [2.05, 4.69) is 20.0 Å². The molecule has 2 N–H and O–H groups in total. The highest BCUT2D eigenvalue weighted by atomic mass is 32.1. The fourth-order valence-electron chi connectivity index (χ4n) is 2.91. The number of amides is 2. The Kier molecular flexibility index (Phi) is 5.35. The molecule has 2 heterocycles. The van der Waals surface area contributed by atoms with Crippen molar-refractivity contribution in [2.75, 3.05) is 5.32 Å². The highest BCUT2D eigenvalue weighted by molar-refractivity contribution is 7.09. The molecule has 1 aliphatic rings. The van der Waals surface area contributed by atoms with Gasteiger partial charge in [0.1, 0.15) is 16.4 Å². The topological polar surface area (TPSA) is 84.0 Å². The third-order valence-electron chi connectivity index (χ3n) is 4.72. The maximum Gasteiger partial charge on any atom is 0.265 e. The van der Waals surface area contributed by atoms with Gasteiger partial charge in [0.05, 0.1) is 17.4 Å².